The molecule has 2 rings (SSSR count). The monoisotopic (exact) mass is 322 g/mol. The quantitative estimate of drug-likeness (QED) is 0.689. The number of amides is 2. The van der Waals surface area contributed by atoms with Crippen molar-refractivity contribution in [2.45, 2.75) is 57.3 Å². The van der Waals surface area contributed by atoms with Gasteiger partial charge in [-0.3, -0.25) is 4.79 Å². The summed E-state index contributed by atoms with van der Waals surface area (Å²) in [6.45, 7) is 5.59. The summed E-state index contributed by atoms with van der Waals surface area (Å²) in [6, 6.07) is 0. The Morgan fingerprint density at radius 3 is 2.27 bits per heavy atom. The fourth-order valence-electron chi connectivity index (χ4n) is 3.17. The third-order valence-electron chi connectivity index (χ3n) is 4.07. The Hall–Kier alpha value is -1.47. The minimum absolute atomic E-state index is 0.0115. The number of hydrogen-bond acceptors (Lipinski definition) is 3. The van der Waals surface area contributed by atoms with Gasteiger partial charge in [0.25, 0.3) is 0 Å². The first kappa shape index (κ1) is 16.9. The molecule has 2 aliphatic heterocycles. The number of nitrogens with zero attached hydrogens (tertiary/aromatic N) is 2. The lowest BCUT2D eigenvalue weighted by atomic mass is 9.95. The van der Waals surface area contributed by atoms with Gasteiger partial charge in [-0.15, -0.1) is 0 Å². The lowest BCUT2D eigenvalue weighted by Crippen LogP contribution is -2.52. The molecule has 2 aliphatic rings. The van der Waals surface area contributed by atoms with E-state index in [9.17, 15) is 22.8 Å². The summed E-state index contributed by atoms with van der Waals surface area (Å²) in [5, 5.41) is 0. The van der Waals surface area contributed by atoms with Gasteiger partial charge >= 0.3 is 18.2 Å². The van der Waals surface area contributed by atoms with Crippen molar-refractivity contribution in [1.82, 2.24) is 9.80 Å². The van der Waals surface area contributed by atoms with Gasteiger partial charge in [-0.05, 0) is 40.0 Å². The maximum atomic E-state index is 12.6. The molecule has 2 amide bonds. The molecule has 0 aromatic carbocycles. The van der Waals surface area contributed by atoms with E-state index in [2.05, 4.69) is 0 Å². The zero-order chi connectivity index (χ0) is 16.8. The minimum atomic E-state index is -4.87. The van der Waals surface area contributed by atoms with Crippen LogP contribution in [0.4, 0.5) is 18.0 Å². The summed E-state index contributed by atoms with van der Waals surface area (Å²) in [7, 11) is 0. The van der Waals surface area contributed by atoms with Gasteiger partial charge in [0, 0.05) is 19.6 Å². The molecule has 0 radical (unpaired) electrons. The predicted octanol–water partition coefficient (Wildman–Crippen LogP) is 2.55. The largest absolute Gasteiger partial charge is 0.471 e. The van der Waals surface area contributed by atoms with Crippen LogP contribution in [0, 0.1) is 0 Å². The van der Waals surface area contributed by atoms with Crippen LogP contribution in [-0.2, 0) is 9.53 Å². The van der Waals surface area contributed by atoms with E-state index >= 15 is 0 Å². The Labute approximate surface area is 127 Å². The molecule has 2 fully saturated rings. The van der Waals surface area contributed by atoms with Crippen LogP contribution in [0.1, 0.15) is 40.0 Å². The van der Waals surface area contributed by atoms with Crippen LogP contribution in [0.2, 0.25) is 0 Å². The normalized spacial score (nSPS) is 25.9. The second-order valence-corrected chi connectivity index (χ2v) is 6.93. The van der Waals surface area contributed by atoms with Gasteiger partial charge in [0.2, 0.25) is 0 Å². The summed E-state index contributed by atoms with van der Waals surface area (Å²) in [5.74, 6) is -1.83. The molecular formula is C14H21F3N2O3. The standard InChI is InChI=1S/C14H21F3N2O3/c1-12(2,3)22-11(21)19-7-4-5-13(19)6-8-18(9-13)10(20)14(15,16)17/h4-9H2,1-3H3/t13-/m1/s1. The molecule has 22 heavy (non-hydrogen) atoms. The molecule has 0 aromatic rings. The van der Waals surface area contributed by atoms with Gasteiger partial charge in [-0.1, -0.05) is 0 Å². The first-order valence-corrected chi connectivity index (χ1v) is 7.31. The number of rotatable bonds is 0. The molecular weight excluding hydrogens is 301 g/mol. The van der Waals surface area contributed by atoms with E-state index < -0.39 is 29.3 Å². The maximum Gasteiger partial charge on any atom is 0.471 e. The van der Waals surface area contributed by atoms with E-state index in [4.69, 9.17) is 4.74 Å². The minimum Gasteiger partial charge on any atom is -0.444 e. The van der Waals surface area contributed by atoms with Gasteiger partial charge in [0.05, 0.1) is 5.54 Å². The van der Waals surface area contributed by atoms with E-state index in [0.29, 0.717) is 25.8 Å². The Morgan fingerprint density at radius 2 is 1.73 bits per heavy atom. The van der Waals surface area contributed by atoms with Crippen LogP contribution in [0.5, 0.6) is 0 Å². The summed E-state index contributed by atoms with van der Waals surface area (Å²) in [6.07, 6.45) is -3.75. The molecule has 5 nitrogen and oxygen atoms in total. The second-order valence-electron chi connectivity index (χ2n) is 6.93. The predicted molar refractivity (Wildman–Crippen MR) is 72.2 cm³/mol. The van der Waals surface area contributed by atoms with Gasteiger partial charge in [0.1, 0.15) is 5.60 Å². The molecule has 2 heterocycles. The second kappa shape index (κ2) is 5.31. The average Bonchev–Trinajstić information content (AvgIpc) is 2.93. The molecule has 1 spiro atoms. The molecule has 0 saturated carbocycles. The van der Waals surface area contributed by atoms with Crippen LogP contribution in [0.15, 0.2) is 0 Å². The molecule has 8 heteroatoms. The molecule has 0 aromatic heterocycles. The zero-order valence-electron chi connectivity index (χ0n) is 13.0. The summed E-state index contributed by atoms with van der Waals surface area (Å²) >= 11 is 0. The molecule has 126 valence electrons. The highest BCUT2D eigenvalue weighted by Gasteiger charge is 2.53. The van der Waals surface area contributed by atoms with Crippen LogP contribution in [-0.4, -0.2) is 58.8 Å². The number of hydrogen-bond donors (Lipinski definition) is 0. The average molecular weight is 322 g/mol. The van der Waals surface area contributed by atoms with Crippen molar-refractivity contribution in [3.05, 3.63) is 0 Å². The molecule has 0 N–H and O–H groups in total. The topological polar surface area (TPSA) is 49.9 Å². The molecule has 0 aliphatic carbocycles. The third-order valence-corrected chi connectivity index (χ3v) is 4.07. The number of halogens is 3. The highest BCUT2D eigenvalue weighted by Crippen LogP contribution is 2.39. The number of ether oxygens (including phenoxy) is 1. The molecule has 2 saturated heterocycles. The lowest BCUT2D eigenvalue weighted by molar-refractivity contribution is -0.184. The van der Waals surface area contributed by atoms with Crippen molar-refractivity contribution in [3.8, 4) is 0 Å². The van der Waals surface area contributed by atoms with Gasteiger partial charge in [-0.2, -0.15) is 13.2 Å². The molecule has 1 atom stereocenters. The van der Waals surface area contributed by atoms with E-state index in [0.717, 1.165) is 4.90 Å². The van der Waals surface area contributed by atoms with Crippen molar-refractivity contribution in [3.63, 3.8) is 0 Å². The molecule has 0 bridgehead atoms. The van der Waals surface area contributed by atoms with Gasteiger partial charge in [0.15, 0.2) is 0 Å². The number of carbonyl (C=O) groups is 2. The number of carbonyl (C=O) groups excluding carboxylic acids is 2. The van der Waals surface area contributed by atoms with Crippen molar-refractivity contribution in [1.29, 1.82) is 0 Å². The van der Waals surface area contributed by atoms with Crippen LogP contribution >= 0.6 is 0 Å². The zero-order valence-corrected chi connectivity index (χ0v) is 13.0. The first-order valence-electron chi connectivity index (χ1n) is 7.31. The third kappa shape index (κ3) is 3.30. The smallest absolute Gasteiger partial charge is 0.444 e. The van der Waals surface area contributed by atoms with Crippen LogP contribution in [0.25, 0.3) is 0 Å². The van der Waals surface area contributed by atoms with E-state index in [-0.39, 0.29) is 13.1 Å². The Bertz CT molecular complexity index is 473. The summed E-state index contributed by atoms with van der Waals surface area (Å²) < 4.78 is 43.0. The van der Waals surface area contributed by atoms with Gasteiger partial charge in [-0.25, -0.2) is 4.79 Å². The van der Waals surface area contributed by atoms with Crippen molar-refractivity contribution in [2.24, 2.45) is 0 Å². The van der Waals surface area contributed by atoms with E-state index in [1.807, 2.05) is 0 Å². The fourth-order valence-corrected chi connectivity index (χ4v) is 3.17. The van der Waals surface area contributed by atoms with Crippen molar-refractivity contribution >= 4 is 12.0 Å². The maximum absolute atomic E-state index is 12.6. The highest BCUT2D eigenvalue weighted by atomic mass is 19.4. The van der Waals surface area contributed by atoms with Crippen molar-refractivity contribution < 1.29 is 27.5 Å². The van der Waals surface area contributed by atoms with Crippen LogP contribution in [0.3, 0.4) is 0 Å². The Kier molecular flexibility index (Phi) is 4.08. The Balaban J connectivity index is 2.11. The SMILES string of the molecule is CC(C)(C)OC(=O)N1CCC[C@]12CCN(C(=O)C(F)(F)F)C2. The van der Waals surface area contributed by atoms with E-state index in [1.54, 1.807) is 20.8 Å². The summed E-state index contributed by atoms with van der Waals surface area (Å²) in [4.78, 5) is 25.9. The van der Waals surface area contributed by atoms with Crippen molar-refractivity contribution in [2.75, 3.05) is 19.6 Å². The highest BCUT2D eigenvalue weighted by molar-refractivity contribution is 5.82. The number of alkyl halides is 3. The van der Waals surface area contributed by atoms with Crippen LogP contribution < -0.4 is 0 Å². The first-order chi connectivity index (χ1) is 9.95. The Morgan fingerprint density at radius 1 is 1.09 bits per heavy atom. The fraction of sp³-hybridized carbons (Fsp3) is 0.857. The summed E-state index contributed by atoms with van der Waals surface area (Å²) in [5.41, 5.74) is -1.38. The molecule has 0 unspecified atom stereocenters. The van der Waals surface area contributed by atoms with E-state index in [1.165, 1.54) is 4.90 Å². The lowest BCUT2D eigenvalue weighted by Gasteiger charge is -2.36. The number of likely N-dealkylation sites (tertiary alicyclic amines) is 2. The van der Waals surface area contributed by atoms with Gasteiger partial charge < -0.3 is 14.5 Å².